The number of unbranched alkanes of at least 4 members (excludes halogenated alkanes) is 54. The number of carbonyl (C=O) groups is 3. The molecule has 0 N–H and O–H groups in total. The van der Waals surface area contributed by atoms with E-state index in [-0.39, 0.29) is 31.1 Å². The lowest BCUT2D eigenvalue weighted by Gasteiger charge is -2.18. The Morgan fingerprint density at radius 1 is 0.247 bits per heavy atom. The average molecular weight is 1140 g/mol. The van der Waals surface area contributed by atoms with Gasteiger partial charge in [-0.05, 0) is 51.4 Å². The zero-order valence-corrected chi connectivity index (χ0v) is 55.1. The molecule has 0 saturated heterocycles. The van der Waals surface area contributed by atoms with Gasteiger partial charge in [0.05, 0.1) is 0 Å². The van der Waals surface area contributed by atoms with E-state index in [1.54, 1.807) is 0 Å². The summed E-state index contributed by atoms with van der Waals surface area (Å²) in [6.07, 6.45) is 86.6. The minimum absolute atomic E-state index is 0.0681. The second-order valence-electron chi connectivity index (χ2n) is 25.2. The van der Waals surface area contributed by atoms with E-state index in [1.165, 1.54) is 308 Å². The molecule has 1 unspecified atom stereocenters. The van der Waals surface area contributed by atoms with Gasteiger partial charge in [-0.2, -0.15) is 0 Å². The van der Waals surface area contributed by atoms with Crippen LogP contribution in [-0.2, 0) is 28.6 Å². The zero-order valence-electron chi connectivity index (χ0n) is 55.1. The summed E-state index contributed by atoms with van der Waals surface area (Å²) in [5.74, 6) is -0.843. The fourth-order valence-electron chi connectivity index (χ4n) is 11.4. The van der Waals surface area contributed by atoms with Crippen molar-refractivity contribution in [1.29, 1.82) is 0 Å². The topological polar surface area (TPSA) is 78.9 Å². The Balaban J connectivity index is 4.14. The molecule has 1 atom stereocenters. The molecule has 0 rings (SSSR count). The molecular formula is C75H142O6. The molecule has 0 aromatic rings. The highest BCUT2D eigenvalue weighted by Gasteiger charge is 2.20. The molecule has 0 aliphatic carbocycles. The van der Waals surface area contributed by atoms with Crippen LogP contribution in [0.2, 0.25) is 0 Å². The summed E-state index contributed by atoms with van der Waals surface area (Å²) in [5.41, 5.74) is 0. The van der Waals surface area contributed by atoms with Crippen LogP contribution in [0.5, 0.6) is 0 Å². The summed E-state index contributed by atoms with van der Waals surface area (Å²) >= 11 is 0. The van der Waals surface area contributed by atoms with Gasteiger partial charge in [0.1, 0.15) is 13.2 Å². The average Bonchev–Trinajstić information content (AvgIpc) is 3.47. The maximum absolute atomic E-state index is 12.9. The third-order valence-electron chi connectivity index (χ3n) is 17.0. The summed E-state index contributed by atoms with van der Waals surface area (Å²) < 4.78 is 17.0. The normalized spacial score (nSPS) is 12.1. The van der Waals surface area contributed by atoms with Crippen LogP contribution in [0, 0.1) is 0 Å². The molecule has 0 aliphatic rings. The third-order valence-corrected chi connectivity index (χ3v) is 17.0. The molecule has 0 aromatic heterocycles. The number of ether oxygens (including phenoxy) is 3. The fourth-order valence-corrected chi connectivity index (χ4v) is 11.4. The molecule has 0 fully saturated rings. The van der Waals surface area contributed by atoms with E-state index in [0.29, 0.717) is 19.3 Å². The van der Waals surface area contributed by atoms with E-state index in [1.807, 2.05) is 0 Å². The summed E-state index contributed by atoms with van der Waals surface area (Å²) in [7, 11) is 0. The number of esters is 3. The van der Waals surface area contributed by atoms with Gasteiger partial charge in [0.2, 0.25) is 0 Å². The van der Waals surface area contributed by atoms with Crippen LogP contribution < -0.4 is 0 Å². The Morgan fingerprint density at radius 2 is 0.444 bits per heavy atom. The van der Waals surface area contributed by atoms with E-state index in [0.717, 1.165) is 70.6 Å². The second kappa shape index (κ2) is 70.4. The van der Waals surface area contributed by atoms with Gasteiger partial charge in [-0.1, -0.05) is 373 Å². The van der Waals surface area contributed by atoms with Crippen molar-refractivity contribution in [2.24, 2.45) is 0 Å². The summed E-state index contributed by atoms with van der Waals surface area (Å²) in [4.78, 5) is 38.4. The molecule has 0 aliphatic heterocycles. The number of rotatable bonds is 69. The van der Waals surface area contributed by atoms with Gasteiger partial charge in [0.15, 0.2) is 6.10 Å². The highest BCUT2D eigenvalue weighted by atomic mass is 16.6. The van der Waals surface area contributed by atoms with Crippen LogP contribution in [0.3, 0.4) is 0 Å². The van der Waals surface area contributed by atoms with Gasteiger partial charge in [-0.15, -0.1) is 0 Å². The molecule has 0 bridgehead atoms. The Kier molecular flexibility index (Phi) is 68.5. The first kappa shape index (κ1) is 78.9. The first-order valence-corrected chi connectivity index (χ1v) is 36.8. The lowest BCUT2D eigenvalue weighted by atomic mass is 10.0. The number of allylic oxidation sites excluding steroid dienone is 4. The monoisotopic (exact) mass is 1140 g/mol. The van der Waals surface area contributed by atoms with Crippen LogP contribution in [-0.4, -0.2) is 37.2 Å². The molecule has 0 heterocycles. The molecule has 0 spiro atoms. The first-order valence-electron chi connectivity index (χ1n) is 36.8. The van der Waals surface area contributed by atoms with Gasteiger partial charge in [0.25, 0.3) is 0 Å². The van der Waals surface area contributed by atoms with Crippen LogP contribution in [0.15, 0.2) is 24.3 Å². The van der Waals surface area contributed by atoms with E-state index >= 15 is 0 Å². The number of hydrogen-bond donors (Lipinski definition) is 0. The lowest BCUT2D eigenvalue weighted by molar-refractivity contribution is -0.167. The largest absolute Gasteiger partial charge is 0.462 e. The molecule has 0 saturated carbocycles. The lowest BCUT2D eigenvalue weighted by Crippen LogP contribution is -2.30. The van der Waals surface area contributed by atoms with Crippen molar-refractivity contribution >= 4 is 17.9 Å². The minimum atomic E-state index is -0.773. The van der Waals surface area contributed by atoms with Crippen LogP contribution in [0.25, 0.3) is 0 Å². The molecule has 478 valence electrons. The predicted molar refractivity (Wildman–Crippen MR) is 353 cm³/mol. The smallest absolute Gasteiger partial charge is 0.306 e. The Morgan fingerprint density at radius 3 is 0.691 bits per heavy atom. The maximum Gasteiger partial charge on any atom is 0.306 e. The zero-order chi connectivity index (χ0) is 58.5. The molecule has 81 heavy (non-hydrogen) atoms. The van der Waals surface area contributed by atoms with Crippen molar-refractivity contribution < 1.29 is 28.6 Å². The van der Waals surface area contributed by atoms with E-state index in [9.17, 15) is 14.4 Å². The summed E-state index contributed by atoms with van der Waals surface area (Å²) in [6.45, 7) is 6.70. The van der Waals surface area contributed by atoms with Crippen molar-refractivity contribution in [3.05, 3.63) is 24.3 Å². The Hall–Kier alpha value is -2.11. The van der Waals surface area contributed by atoms with Crippen molar-refractivity contribution in [2.45, 2.75) is 425 Å². The quantitative estimate of drug-likeness (QED) is 0.0261. The second-order valence-corrected chi connectivity index (χ2v) is 25.2. The van der Waals surface area contributed by atoms with E-state index in [2.05, 4.69) is 45.1 Å². The van der Waals surface area contributed by atoms with Gasteiger partial charge >= 0.3 is 17.9 Å². The fraction of sp³-hybridized carbons (Fsp3) is 0.907. The Bertz CT molecular complexity index is 1310. The van der Waals surface area contributed by atoms with E-state index in [4.69, 9.17) is 14.2 Å². The van der Waals surface area contributed by atoms with Crippen molar-refractivity contribution in [3.8, 4) is 0 Å². The number of hydrogen-bond acceptors (Lipinski definition) is 6. The van der Waals surface area contributed by atoms with E-state index < -0.39 is 6.10 Å². The van der Waals surface area contributed by atoms with Gasteiger partial charge in [-0.25, -0.2) is 0 Å². The van der Waals surface area contributed by atoms with Crippen molar-refractivity contribution in [2.75, 3.05) is 13.2 Å². The van der Waals surface area contributed by atoms with Crippen molar-refractivity contribution in [3.63, 3.8) is 0 Å². The molecule has 0 aromatic carbocycles. The standard InChI is InChI=1S/C75H142O6/c1-4-7-10-13-16-19-22-25-28-30-32-33-34-35-36-37-38-39-40-41-42-43-44-46-47-50-53-56-59-62-65-68-74(77)80-71-72(70-79-73(76)67-64-61-58-55-52-49-27-24-21-18-15-12-9-6-3)81-75(78)69-66-63-60-57-54-51-48-45-31-29-26-23-20-17-14-11-8-5-2/h20,23,29,31,72H,4-19,21-22,24-28,30,32-71H2,1-3H3/b23-20-,31-29-. The third kappa shape index (κ3) is 68.6. The first-order chi connectivity index (χ1) is 40.0. The molecule has 6 nitrogen and oxygen atoms in total. The molecule has 0 radical (unpaired) electrons. The minimum Gasteiger partial charge on any atom is -0.462 e. The molecule has 6 heteroatoms. The Labute approximate surface area is 506 Å². The SMILES string of the molecule is CCCCCC/C=C\C/C=C\CCCCCCCCCC(=O)OC(COC(=O)CCCCCCCCCCCCCCCC)COC(=O)CCCCCCCCCCCCCCCCCCCCCCCCCCCCCCCCC. The predicted octanol–water partition coefficient (Wildman–Crippen LogP) is 25.3. The van der Waals surface area contributed by atoms with Gasteiger partial charge in [-0.3, -0.25) is 14.4 Å². The maximum atomic E-state index is 12.9. The highest BCUT2D eigenvalue weighted by Crippen LogP contribution is 2.19. The van der Waals surface area contributed by atoms with Gasteiger partial charge in [0, 0.05) is 19.3 Å². The molecule has 0 amide bonds. The van der Waals surface area contributed by atoms with Crippen LogP contribution in [0.4, 0.5) is 0 Å². The number of carbonyl (C=O) groups excluding carboxylic acids is 3. The summed E-state index contributed by atoms with van der Waals surface area (Å²) in [6, 6.07) is 0. The van der Waals surface area contributed by atoms with Crippen LogP contribution >= 0.6 is 0 Å². The van der Waals surface area contributed by atoms with Crippen molar-refractivity contribution in [1.82, 2.24) is 0 Å². The van der Waals surface area contributed by atoms with Gasteiger partial charge < -0.3 is 14.2 Å². The van der Waals surface area contributed by atoms with Crippen LogP contribution in [0.1, 0.15) is 419 Å². The highest BCUT2D eigenvalue weighted by molar-refractivity contribution is 5.71. The summed E-state index contributed by atoms with van der Waals surface area (Å²) in [5, 5.41) is 0. The molecular weight excluding hydrogens is 997 g/mol.